The number of carboxylic acid groups (broad SMARTS) is 1. The summed E-state index contributed by atoms with van der Waals surface area (Å²) in [6.45, 7) is 0. The third-order valence-electron chi connectivity index (χ3n) is 2.26. The molecule has 18 heavy (non-hydrogen) atoms. The van der Waals surface area contributed by atoms with Gasteiger partial charge in [-0.2, -0.15) is 0 Å². The van der Waals surface area contributed by atoms with Crippen LogP contribution in [-0.4, -0.2) is 31.6 Å². The van der Waals surface area contributed by atoms with Gasteiger partial charge in [0.1, 0.15) is 0 Å². The van der Waals surface area contributed by atoms with Crippen LogP contribution in [0.15, 0.2) is 29.4 Å². The number of hydrogen-bond donors (Lipinski definition) is 1. The molecule has 1 heterocycles. The van der Waals surface area contributed by atoms with Crippen LogP contribution >= 0.6 is 23.4 Å². The Labute approximate surface area is 113 Å². The summed E-state index contributed by atoms with van der Waals surface area (Å²) in [5.74, 6) is -0.234. The SMILES string of the molecule is Cn1c(SCC(=O)O)nnc1-c1ccc(Cl)cc1. The smallest absolute Gasteiger partial charge is 0.313 e. The molecule has 0 aliphatic heterocycles. The molecule has 1 N–H and O–H groups in total. The van der Waals surface area contributed by atoms with Gasteiger partial charge in [0.05, 0.1) is 5.75 Å². The quantitative estimate of drug-likeness (QED) is 0.872. The second-order valence-electron chi connectivity index (χ2n) is 3.55. The molecule has 94 valence electrons. The van der Waals surface area contributed by atoms with Gasteiger partial charge in [0.15, 0.2) is 11.0 Å². The Morgan fingerprint density at radius 3 is 2.67 bits per heavy atom. The first-order chi connectivity index (χ1) is 8.58. The molecule has 1 aromatic heterocycles. The topological polar surface area (TPSA) is 68.0 Å². The number of carbonyl (C=O) groups is 1. The highest BCUT2D eigenvalue weighted by molar-refractivity contribution is 7.99. The van der Waals surface area contributed by atoms with Crippen LogP contribution in [0.5, 0.6) is 0 Å². The summed E-state index contributed by atoms with van der Waals surface area (Å²) < 4.78 is 1.76. The molecular formula is C11H10ClN3O2S. The molecule has 0 amide bonds. The summed E-state index contributed by atoms with van der Waals surface area (Å²) in [4.78, 5) is 10.5. The van der Waals surface area contributed by atoms with E-state index in [1.54, 1.807) is 23.7 Å². The summed E-state index contributed by atoms with van der Waals surface area (Å²) in [6, 6.07) is 7.24. The molecule has 0 aliphatic rings. The monoisotopic (exact) mass is 283 g/mol. The molecule has 0 radical (unpaired) electrons. The molecular weight excluding hydrogens is 274 g/mol. The van der Waals surface area contributed by atoms with Gasteiger partial charge in [-0.05, 0) is 24.3 Å². The number of carboxylic acids is 1. The van der Waals surface area contributed by atoms with Crippen molar-refractivity contribution in [2.45, 2.75) is 5.16 Å². The van der Waals surface area contributed by atoms with Crippen molar-refractivity contribution in [3.05, 3.63) is 29.3 Å². The lowest BCUT2D eigenvalue weighted by Crippen LogP contribution is -2.00. The van der Waals surface area contributed by atoms with E-state index in [1.807, 2.05) is 12.1 Å². The van der Waals surface area contributed by atoms with E-state index in [0.717, 1.165) is 17.3 Å². The molecule has 2 aromatic rings. The zero-order valence-electron chi connectivity index (χ0n) is 9.50. The maximum absolute atomic E-state index is 10.5. The van der Waals surface area contributed by atoms with Crippen molar-refractivity contribution in [2.75, 3.05) is 5.75 Å². The number of benzene rings is 1. The molecule has 0 unspecified atom stereocenters. The van der Waals surface area contributed by atoms with Crippen molar-refractivity contribution >= 4 is 29.3 Å². The van der Waals surface area contributed by atoms with Gasteiger partial charge in [-0.25, -0.2) is 0 Å². The lowest BCUT2D eigenvalue weighted by Gasteiger charge is -2.02. The molecule has 0 spiro atoms. The number of nitrogens with zero attached hydrogens (tertiary/aromatic N) is 3. The summed E-state index contributed by atoms with van der Waals surface area (Å²) in [6.07, 6.45) is 0. The van der Waals surface area contributed by atoms with E-state index in [4.69, 9.17) is 16.7 Å². The Hall–Kier alpha value is -1.53. The predicted molar refractivity (Wildman–Crippen MR) is 69.8 cm³/mol. The molecule has 0 atom stereocenters. The minimum absolute atomic E-state index is 0.0351. The number of halogens is 1. The molecule has 0 bridgehead atoms. The van der Waals surface area contributed by atoms with Crippen LogP contribution in [0.25, 0.3) is 11.4 Å². The molecule has 5 nitrogen and oxygen atoms in total. The van der Waals surface area contributed by atoms with Crippen LogP contribution in [0, 0.1) is 0 Å². The van der Waals surface area contributed by atoms with E-state index < -0.39 is 5.97 Å². The predicted octanol–water partition coefficient (Wildman–Crippen LogP) is 2.31. The molecule has 0 saturated carbocycles. The van der Waals surface area contributed by atoms with E-state index in [2.05, 4.69) is 10.2 Å². The van der Waals surface area contributed by atoms with Gasteiger partial charge in [0.2, 0.25) is 0 Å². The van der Waals surface area contributed by atoms with E-state index in [9.17, 15) is 4.79 Å². The first-order valence-corrected chi connectivity index (χ1v) is 6.44. The van der Waals surface area contributed by atoms with E-state index in [1.165, 1.54) is 0 Å². The first kappa shape index (κ1) is 12.9. The second-order valence-corrected chi connectivity index (χ2v) is 4.93. The molecule has 0 saturated heterocycles. The lowest BCUT2D eigenvalue weighted by atomic mass is 10.2. The van der Waals surface area contributed by atoms with Gasteiger partial charge >= 0.3 is 5.97 Å². The fraction of sp³-hybridized carbons (Fsp3) is 0.182. The maximum atomic E-state index is 10.5. The molecule has 2 rings (SSSR count). The largest absolute Gasteiger partial charge is 0.481 e. The second kappa shape index (κ2) is 5.41. The fourth-order valence-electron chi connectivity index (χ4n) is 1.42. The fourth-order valence-corrected chi connectivity index (χ4v) is 2.17. The molecule has 0 fully saturated rings. The normalized spacial score (nSPS) is 10.6. The third kappa shape index (κ3) is 2.83. The van der Waals surface area contributed by atoms with Crippen LogP contribution in [0.1, 0.15) is 0 Å². The molecule has 1 aromatic carbocycles. The van der Waals surface area contributed by atoms with E-state index in [-0.39, 0.29) is 5.75 Å². The Balaban J connectivity index is 2.25. The zero-order valence-corrected chi connectivity index (χ0v) is 11.1. The van der Waals surface area contributed by atoms with Crippen LogP contribution in [0.3, 0.4) is 0 Å². The third-order valence-corrected chi connectivity index (χ3v) is 3.52. The number of aromatic nitrogens is 3. The number of rotatable bonds is 4. The number of hydrogen-bond acceptors (Lipinski definition) is 4. The maximum Gasteiger partial charge on any atom is 0.313 e. The highest BCUT2D eigenvalue weighted by Gasteiger charge is 2.12. The van der Waals surface area contributed by atoms with Gasteiger partial charge < -0.3 is 9.67 Å². The summed E-state index contributed by atoms with van der Waals surface area (Å²) in [5, 5.41) is 17.9. The van der Waals surface area contributed by atoms with Crippen molar-refractivity contribution < 1.29 is 9.90 Å². The van der Waals surface area contributed by atoms with Crippen molar-refractivity contribution in [3.8, 4) is 11.4 Å². The van der Waals surface area contributed by atoms with Gasteiger partial charge in [-0.1, -0.05) is 23.4 Å². The number of aliphatic carboxylic acids is 1. The average Bonchev–Trinajstić information content (AvgIpc) is 2.69. The summed E-state index contributed by atoms with van der Waals surface area (Å²) in [7, 11) is 1.80. The van der Waals surface area contributed by atoms with E-state index >= 15 is 0 Å². The van der Waals surface area contributed by atoms with Crippen molar-refractivity contribution in [1.29, 1.82) is 0 Å². The molecule has 7 heteroatoms. The van der Waals surface area contributed by atoms with Crippen LogP contribution in [-0.2, 0) is 11.8 Å². The molecule has 0 aliphatic carbocycles. The highest BCUT2D eigenvalue weighted by Crippen LogP contribution is 2.23. The van der Waals surface area contributed by atoms with Crippen molar-refractivity contribution in [2.24, 2.45) is 7.05 Å². The Morgan fingerprint density at radius 1 is 1.39 bits per heavy atom. The van der Waals surface area contributed by atoms with Gasteiger partial charge in [0, 0.05) is 17.6 Å². The lowest BCUT2D eigenvalue weighted by molar-refractivity contribution is -0.133. The van der Waals surface area contributed by atoms with Gasteiger partial charge in [-0.15, -0.1) is 10.2 Å². The minimum atomic E-state index is -0.879. The van der Waals surface area contributed by atoms with Crippen LogP contribution < -0.4 is 0 Å². The van der Waals surface area contributed by atoms with Gasteiger partial charge in [0.25, 0.3) is 0 Å². The van der Waals surface area contributed by atoms with Crippen molar-refractivity contribution in [1.82, 2.24) is 14.8 Å². The van der Waals surface area contributed by atoms with Crippen LogP contribution in [0.4, 0.5) is 0 Å². The zero-order chi connectivity index (χ0) is 13.1. The Kier molecular flexibility index (Phi) is 3.88. The Morgan fingerprint density at radius 2 is 2.06 bits per heavy atom. The Bertz CT molecular complexity index is 568. The first-order valence-electron chi connectivity index (χ1n) is 5.08. The minimum Gasteiger partial charge on any atom is -0.481 e. The number of thioether (sulfide) groups is 1. The highest BCUT2D eigenvalue weighted by atomic mass is 35.5. The summed E-state index contributed by atoms with van der Waals surface area (Å²) >= 11 is 6.95. The van der Waals surface area contributed by atoms with Crippen LogP contribution in [0.2, 0.25) is 5.02 Å². The average molecular weight is 284 g/mol. The van der Waals surface area contributed by atoms with E-state index in [0.29, 0.717) is 16.0 Å². The standard InChI is InChI=1S/C11H10ClN3O2S/c1-15-10(7-2-4-8(12)5-3-7)13-14-11(15)18-6-9(16)17/h2-5H,6H2,1H3,(H,16,17). The summed E-state index contributed by atoms with van der Waals surface area (Å²) in [5.41, 5.74) is 0.886. The van der Waals surface area contributed by atoms with Crippen molar-refractivity contribution in [3.63, 3.8) is 0 Å². The van der Waals surface area contributed by atoms with Gasteiger partial charge in [-0.3, -0.25) is 4.79 Å².